The summed E-state index contributed by atoms with van der Waals surface area (Å²) in [6, 6.07) is 0. The quantitative estimate of drug-likeness (QED) is 0.775. The van der Waals surface area contributed by atoms with Crippen molar-refractivity contribution in [3.8, 4) is 0 Å². The molecule has 2 saturated carbocycles. The Balaban J connectivity index is 1.96. The molecule has 5 atom stereocenters. The third-order valence-corrected chi connectivity index (χ3v) is 6.61. The molecule has 0 bridgehead atoms. The first-order valence-electron chi connectivity index (χ1n) is 8.39. The number of allylic oxidation sites excluding steroid dienone is 1. The normalized spacial score (nSPS) is 48.2. The minimum Gasteiger partial charge on any atom is -0.389 e. The van der Waals surface area contributed by atoms with E-state index in [-0.39, 0.29) is 6.10 Å². The molecule has 0 aromatic rings. The summed E-state index contributed by atoms with van der Waals surface area (Å²) in [6.07, 6.45) is 10.7. The van der Waals surface area contributed by atoms with Crippen molar-refractivity contribution in [1.82, 2.24) is 0 Å². The third-order valence-electron chi connectivity index (χ3n) is 6.61. The summed E-state index contributed by atoms with van der Waals surface area (Å²) in [5.74, 6) is 1.46. The van der Waals surface area contributed by atoms with Gasteiger partial charge in [-0.15, -0.1) is 0 Å². The first kappa shape index (κ1) is 14.6. The highest BCUT2D eigenvalue weighted by Gasteiger charge is 2.54. The largest absolute Gasteiger partial charge is 0.389 e. The highest BCUT2D eigenvalue weighted by molar-refractivity contribution is 5.27. The SMILES string of the molecule is COCC1(C)CCCC2(C)C3=CC(O)CCC3CCC12. The van der Waals surface area contributed by atoms with Crippen LogP contribution in [0.15, 0.2) is 11.6 Å². The lowest BCUT2D eigenvalue weighted by molar-refractivity contribution is -0.0650. The summed E-state index contributed by atoms with van der Waals surface area (Å²) < 4.78 is 5.57. The Morgan fingerprint density at radius 1 is 1.20 bits per heavy atom. The van der Waals surface area contributed by atoms with E-state index in [1.54, 1.807) is 5.57 Å². The Bertz CT molecular complexity index is 398. The molecule has 3 aliphatic rings. The average molecular weight is 278 g/mol. The molecule has 1 N–H and O–H groups in total. The van der Waals surface area contributed by atoms with E-state index in [1.807, 2.05) is 7.11 Å². The van der Waals surface area contributed by atoms with E-state index in [4.69, 9.17) is 4.74 Å². The van der Waals surface area contributed by atoms with Gasteiger partial charge in [0.1, 0.15) is 0 Å². The van der Waals surface area contributed by atoms with Crippen molar-refractivity contribution >= 4 is 0 Å². The van der Waals surface area contributed by atoms with Gasteiger partial charge < -0.3 is 9.84 Å². The zero-order valence-corrected chi connectivity index (χ0v) is 13.3. The Morgan fingerprint density at radius 3 is 2.70 bits per heavy atom. The molecule has 0 heterocycles. The molecule has 2 heteroatoms. The fourth-order valence-corrected chi connectivity index (χ4v) is 5.77. The van der Waals surface area contributed by atoms with Crippen LogP contribution in [0.1, 0.15) is 58.8 Å². The molecule has 3 rings (SSSR count). The van der Waals surface area contributed by atoms with Crippen LogP contribution in [0.4, 0.5) is 0 Å². The van der Waals surface area contributed by atoms with Crippen molar-refractivity contribution in [2.45, 2.75) is 64.9 Å². The lowest BCUT2D eigenvalue weighted by Crippen LogP contribution is -2.51. The molecule has 5 unspecified atom stereocenters. The number of ether oxygens (including phenoxy) is 1. The van der Waals surface area contributed by atoms with Crippen molar-refractivity contribution in [2.75, 3.05) is 13.7 Å². The molecular formula is C18H30O2. The van der Waals surface area contributed by atoms with E-state index in [2.05, 4.69) is 19.9 Å². The van der Waals surface area contributed by atoms with Crippen LogP contribution < -0.4 is 0 Å². The molecule has 2 nitrogen and oxygen atoms in total. The summed E-state index contributed by atoms with van der Waals surface area (Å²) in [4.78, 5) is 0. The van der Waals surface area contributed by atoms with Gasteiger partial charge in [-0.05, 0) is 61.2 Å². The number of hydrogen-bond acceptors (Lipinski definition) is 2. The van der Waals surface area contributed by atoms with E-state index in [9.17, 15) is 5.11 Å². The van der Waals surface area contributed by atoms with Crippen molar-refractivity contribution in [3.05, 3.63) is 11.6 Å². The minimum absolute atomic E-state index is 0.201. The van der Waals surface area contributed by atoms with E-state index in [0.717, 1.165) is 24.9 Å². The van der Waals surface area contributed by atoms with Gasteiger partial charge in [0, 0.05) is 7.11 Å². The van der Waals surface area contributed by atoms with Gasteiger partial charge in [0.25, 0.3) is 0 Å². The van der Waals surface area contributed by atoms with Crippen LogP contribution in [-0.4, -0.2) is 24.9 Å². The van der Waals surface area contributed by atoms with Gasteiger partial charge in [0.2, 0.25) is 0 Å². The first-order chi connectivity index (χ1) is 9.49. The maximum Gasteiger partial charge on any atom is 0.0724 e. The highest BCUT2D eigenvalue weighted by atomic mass is 16.5. The maximum atomic E-state index is 10.1. The van der Waals surface area contributed by atoms with Crippen LogP contribution in [-0.2, 0) is 4.74 Å². The Morgan fingerprint density at radius 2 is 1.95 bits per heavy atom. The molecule has 20 heavy (non-hydrogen) atoms. The van der Waals surface area contributed by atoms with Crippen LogP contribution in [0, 0.1) is 22.7 Å². The van der Waals surface area contributed by atoms with Gasteiger partial charge in [0.15, 0.2) is 0 Å². The monoisotopic (exact) mass is 278 g/mol. The fraction of sp³-hybridized carbons (Fsp3) is 0.889. The molecule has 114 valence electrons. The molecule has 0 radical (unpaired) electrons. The van der Waals surface area contributed by atoms with Gasteiger partial charge in [-0.25, -0.2) is 0 Å². The second kappa shape index (κ2) is 5.14. The molecule has 0 spiro atoms. The van der Waals surface area contributed by atoms with Crippen LogP contribution in [0.5, 0.6) is 0 Å². The summed E-state index contributed by atoms with van der Waals surface area (Å²) in [6.45, 7) is 5.78. The lowest BCUT2D eigenvalue weighted by Gasteiger charge is -2.58. The van der Waals surface area contributed by atoms with Crippen molar-refractivity contribution in [3.63, 3.8) is 0 Å². The van der Waals surface area contributed by atoms with E-state index in [0.29, 0.717) is 10.8 Å². The Labute approximate surface area is 123 Å². The molecule has 0 amide bonds. The molecule has 0 saturated heterocycles. The number of hydrogen-bond donors (Lipinski definition) is 1. The molecule has 0 aromatic heterocycles. The van der Waals surface area contributed by atoms with Crippen LogP contribution in [0.25, 0.3) is 0 Å². The van der Waals surface area contributed by atoms with Crippen molar-refractivity contribution < 1.29 is 9.84 Å². The van der Waals surface area contributed by atoms with Gasteiger partial charge in [-0.1, -0.05) is 31.9 Å². The number of aliphatic hydroxyl groups excluding tert-OH is 1. The molecule has 0 aliphatic heterocycles. The molecule has 2 fully saturated rings. The fourth-order valence-electron chi connectivity index (χ4n) is 5.77. The average Bonchev–Trinajstić information content (AvgIpc) is 2.39. The van der Waals surface area contributed by atoms with Crippen LogP contribution in [0.2, 0.25) is 0 Å². The standard InChI is InChI=1S/C18H30O2/c1-17(12-20-3)9-4-10-18(2)15-11-14(19)7-5-13(15)6-8-16(17)18/h11,13-14,16,19H,4-10,12H2,1-3H3. The summed E-state index contributed by atoms with van der Waals surface area (Å²) >= 11 is 0. The van der Waals surface area contributed by atoms with Crippen molar-refractivity contribution in [2.24, 2.45) is 22.7 Å². The first-order valence-corrected chi connectivity index (χ1v) is 8.39. The van der Waals surface area contributed by atoms with Gasteiger partial charge in [0.05, 0.1) is 12.7 Å². The zero-order valence-electron chi connectivity index (χ0n) is 13.3. The number of methoxy groups -OCH3 is 1. The second-order valence-corrected chi connectivity index (χ2v) is 7.95. The highest BCUT2D eigenvalue weighted by Crippen LogP contribution is 2.62. The topological polar surface area (TPSA) is 29.5 Å². The summed E-state index contributed by atoms with van der Waals surface area (Å²) in [7, 11) is 1.84. The molecular weight excluding hydrogens is 248 g/mol. The van der Waals surface area contributed by atoms with Crippen molar-refractivity contribution in [1.29, 1.82) is 0 Å². The van der Waals surface area contributed by atoms with E-state index >= 15 is 0 Å². The Hall–Kier alpha value is -0.340. The number of rotatable bonds is 2. The number of fused-ring (bicyclic) bond motifs is 3. The van der Waals surface area contributed by atoms with Gasteiger partial charge in [-0.3, -0.25) is 0 Å². The molecule has 3 aliphatic carbocycles. The maximum absolute atomic E-state index is 10.1. The third kappa shape index (κ3) is 2.16. The zero-order chi connectivity index (χ0) is 14.4. The summed E-state index contributed by atoms with van der Waals surface area (Å²) in [5, 5.41) is 10.1. The summed E-state index contributed by atoms with van der Waals surface area (Å²) in [5.41, 5.74) is 2.21. The second-order valence-electron chi connectivity index (χ2n) is 7.95. The molecule has 0 aromatic carbocycles. The minimum atomic E-state index is -0.201. The Kier molecular flexibility index (Phi) is 3.75. The van der Waals surface area contributed by atoms with E-state index in [1.165, 1.54) is 38.5 Å². The lowest BCUT2D eigenvalue weighted by atomic mass is 9.47. The predicted octanol–water partition coefficient (Wildman–Crippen LogP) is 3.94. The number of aliphatic hydroxyl groups is 1. The van der Waals surface area contributed by atoms with Gasteiger partial charge in [-0.2, -0.15) is 0 Å². The van der Waals surface area contributed by atoms with Crippen LogP contribution >= 0.6 is 0 Å². The predicted molar refractivity (Wildman–Crippen MR) is 81.5 cm³/mol. The van der Waals surface area contributed by atoms with Crippen LogP contribution in [0.3, 0.4) is 0 Å². The smallest absolute Gasteiger partial charge is 0.0724 e. The van der Waals surface area contributed by atoms with E-state index < -0.39 is 0 Å². The van der Waals surface area contributed by atoms with Gasteiger partial charge >= 0.3 is 0 Å².